The first kappa shape index (κ1) is 14.8. The van der Waals surface area contributed by atoms with Crippen molar-refractivity contribution < 1.29 is 14.6 Å². The molecule has 1 aromatic heterocycles. The number of carbonyl (C=O) groups is 1. The number of pyridine rings is 1. The molecular formula is C15H22N2O3. The molecule has 1 fully saturated rings. The summed E-state index contributed by atoms with van der Waals surface area (Å²) in [6.07, 6.45) is 4.05. The molecule has 0 aliphatic carbocycles. The Bertz CT molecular complexity index is 478. The number of hydrogen-bond donors (Lipinski definition) is 1. The van der Waals surface area contributed by atoms with Gasteiger partial charge in [0.25, 0.3) is 0 Å². The highest BCUT2D eigenvalue weighted by Gasteiger charge is 2.40. The van der Waals surface area contributed by atoms with Crippen LogP contribution < -0.4 is 4.74 Å². The highest BCUT2D eigenvalue weighted by molar-refractivity contribution is 5.75. The van der Waals surface area contributed by atoms with Gasteiger partial charge in [0.1, 0.15) is 0 Å². The van der Waals surface area contributed by atoms with Crippen LogP contribution in [0.2, 0.25) is 0 Å². The molecule has 2 heterocycles. The lowest BCUT2D eigenvalue weighted by molar-refractivity contribution is -0.153. The van der Waals surface area contributed by atoms with Gasteiger partial charge in [0.05, 0.1) is 12.5 Å². The summed E-state index contributed by atoms with van der Waals surface area (Å²) in [5.41, 5.74) is 0.403. The molecule has 1 unspecified atom stereocenters. The van der Waals surface area contributed by atoms with Crippen LogP contribution in [0.5, 0.6) is 5.88 Å². The Balaban J connectivity index is 2.12. The number of nitrogens with zero attached hydrogens (tertiary/aromatic N) is 2. The van der Waals surface area contributed by atoms with Gasteiger partial charge in [0, 0.05) is 24.8 Å². The van der Waals surface area contributed by atoms with E-state index in [1.165, 1.54) is 0 Å². The van der Waals surface area contributed by atoms with Crippen molar-refractivity contribution in [3.8, 4) is 5.88 Å². The highest BCUT2D eigenvalue weighted by atomic mass is 16.5. The Morgan fingerprint density at radius 3 is 3.05 bits per heavy atom. The quantitative estimate of drug-likeness (QED) is 0.894. The number of aliphatic carboxylic acids is 1. The van der Waals surface area contributed by atoms with Crippen molar-refractivity contribution in [2.45, 2.75) is 32.7 Å². The first-order chi connectivity index (χ1) is 9.61. The lowest BCUT2D eigenvalue weighted by Crippen LogP contribution is -2.47. The number of piperidine rings is 1. The van der Waals surface area contributed by atoms with Crippen molar-refractivity contribution in [2.75, 3.05) is 20.2 Å². The van der Waals surface area contributed by atoms with Crippen LogP contribution in [0.15, 0.2) is 18.3 Å². The predicted octanol–water partition coefficient (Wildman–Crippen LogP) is 2.17. The van der Waals surface area contributed by atoms with Crippen molar-refractivity contribution in [2.24, 2.45) is 5.41 Å². The maximum atomic E-state index is 11.6. The largest absolute Gasteiger partial charge is 0.481 e. The molecule has 0 spiro atoms. The van der Waals surface area contributed by atoms with Crippen molar-refractivity contribution in [3.63, 3.8) is 0 Å². The minimum absolute atomic E-state index is 0.594. The van der Waals surface area contributed by atoms with Crippen LogP contribution in [0.1, 0.15) is 31.7 Å². The number of methoxy groups -OCH3 is 1. The SMILES string of the molecule is CCC1(C(=O)O)CCCN(Cc2cccnc2OC)C1. The predicted molar refractivity (Wildman–Crippen MR) is 75.7 cm³/mol. The molecule has 1 aliphatic heterocycles. The smallest absolute Gasteiger partial charge is 0.310 e. The number of hydrogen-bond acceptors (Lipinski definition) is 4. The Hall–Kier alpha value is -1.62. The van der Waals surface area contributed by atoms with Gasteiger partial charge in [-0.05, 0) is 31.9 Å². The summed E-state index contributed by atoms with van der Waals surface area (Å²) in [4.78, 5) is 17.9. The molecule has 0 amide bonds. The molecule has 0 saturated carbocycles. The van der Waals surface area contributed by atoms with E-state index < -0.39 is 11.4 Å². The van der Waals surface area contributed by atoms with Crippen LogP contribution in [-0.2, 0) is 11.3 Å². The van der Waals surface area contributed by atoms with Gasteiger partial charge in [-0.15, -0.1) is 0 Å². The van der Waals surface area contributed by atoms with Gasteiger partial charge < -0.3 is 9.84 Å². The lowest BCUT2D eigenvalue weighted by Gasteiger charge is -2.39. The molecule has 2 rings (SSSR count). The third-order valence-corrected chi connectivity index (χ3v) is 4.22. The number of ether oxygens (including phenoxy) is 1. The lowest BCUT2D eigenvalue weighted by atomic mass is 9.77. The normalized spacial score (nSPS) is 23.5. The van der Waals surface area contributed by atoms with E-state index in [-0.39, 0.29) is 0 Å². The van der Waals surface area contributed by atoms with Crippen molar-refractivity contribution >= 4 is 5.97 Å². The maximum Gasteiger partial charge on any atom is 0.310 e. The summed E-state index contributed by atoms with van der Waals surface area (Å²) in [7, 11) is 1.61. The fourth-order valence-electron chi connectivity index (χ4n) is 2.95. The fourth-order valence-corrected chi connectivity index (χ4v) is 2.95. The van der Waals surface area contributed by atoms with E-state index in [0.29, 0.717) is 25.4 Å². The minimum Gasteiger partial charge on any atom is -0.481 e. The highest BCUT2D eigenvalue weighted by Crippen LogP contribution is 2.34. The number of rotatable bonds is 5. The van der Waals surface area contributed by atoms with Crippen molar-refractivity contribution in [1.29, 1.82) is 0 Å². The molecule has 1 N–H and O–H groups in total. The molecule has 1 saturated heterocycles. The molecule has 110 valence electrons. The zero-order chi connectivity index (χ0) is 14.6. The molecule has 1 atom stereocenters. The molecule has 5 heteroatoms. The van der Waals surface area contributed by atoms with E-state index in [4.69, 9.17) is 4.74 Å². The van der Waals surface area contributed by atoms with E-state index in [9.17, 15) is 9.90 Å². The molecule has 1 aromatic rings. The zero-order valence-electron chi connectivity index (χ0n) is 12.1. The fraction of sp³-hybridized carbons (Fsp3) is 0.600. The van der Waals surface area contributed by atoms with Crippen LogP contribution in [0.25, 0.3) is 0 Å². The monoisotopic (exact) mass is 278 g/mol. The van der Waals surface area contributed by atoms with E-state index in [1.807, 2.05) is 19.1 Å². The van der Waals surface area contributed by atoms with E-state index in [0.717, 1.165) is 24.9 Å². The number of carboxylic acids is 1. The first-order valence-electron chi connectivity index (χ1n) is 7.05. The Kier molecular flexibility index (Phi) is 4.60. The van der Waals surface area contributed by atoms with E-state index >= 15 is 0 Å². The molecule has 0 radical (unpaired) electrons. The Morgan fingerprint density at radius 2 is 2.40 bits per heavy atom. The van der Waals surface area contributed by atoms with Crippen LogP contribution in [0, 0.1) is 5.41 Å². The van der Waals surface area contributed by atoms with Crippen LogP contribution in [0.3, 0.4) is 0 Å². The molecular weight excluding hydrogens is 256 g/mol. The molecule has 0 bridgehead atoms. The van der Waals surface area contributed by atoms with Crippen LogP contribution in [-0.4, -0.2) is 41.2 Å². The zero-order valence-corrected chi connectivity index (χ0v) is 12.1. The van der Waals surface area contributed by atoms with Crippen LogP contribution >= 0.6 is 0 Å². The average molecular weight is 278 g/mol. The molecule has 5 nitrogen and oxygen atoms in total. The molecule has 20 heavy (non-hydrogen) atoms. The molecule has 0 aromatic carbocycles. The third-order valence-electron chi connectivity index (χ3n) is 4.22. The van der Waals surface area contributed by atoms with Crippen LogP contribution in [0.4, 0.5) is 0 Å². The molecule has 1 aliphatic rings. The van der Waals surface area contributed by atoms with Gasteiger partial charge >= 0.3 is 5.97 Å². The van der Waals surface area contributed by atoms with Crippen molar-refractivity contribution in [1.82, 2.24) is 9.88 Å². The summed E-state index contributed by atoms with van der Waals surface area (Å²) in [5, 5.41) is 9.51. The second kappa shape index (κ2) is 6.22. The topological polar surface area (TPSA) is 62.7 Å². The van der Waals surface area contributed by atoms with Gasteiger partial charge in [-0.1, -0.05) is 13.0 Å². The van der Waals surface area contributed by atoms with E-state index in [1.54, 1.807) is 13.3 Å². The van der Waals surface area contributed by atoms with Gasteiger partial charge in [-0.2, -0.15) is 0 Å². The van der Waals surface area contributed by atoms with E-state index in [2.05, 4.69) is 9.88 Å². The first-order valence-corrected chi connectivity index (χ1v) is 7.05. The Labute approximate surface area is 119 Å². The second-order valence-corrected chi connectivity index (χ2v) is 5.43. The third kappa shape index (κ3) is 2.93. The van der Waals surface area contributed by atoms with Crippen molar-refractivity contribution in [3.05, 3.63) is 23.9 Å². The number of carboxylic acid groups (broad SMARTS) is 1. The van der Waals surface area contributed by atoms with Gasteiger partial charge in [-0.3, -0.25) is 9.69 Å². The average Bonchev–Trinajstić information content (AvgIpc) is 2.47. The van der Waals surface area contributed by atoms with Gasteiger partial charge in [-0.25, -0.2) is 4.98 Å². The standard InChI is InChI=1S/C15H22N2O3/c1-3-15(14(18)19)7-5-9-17(11-15)10-12-6-4-8-16-13(12)20-2/h4,6,8H,3,5,7,9-11H2,1-2H3,(H,18,19). The summed E-state index contributed by atoms with van der Waals surface area (Å²) < 4.78 is 5.26. The Morgan fingerprint density at radius 1 is 1.60 bits per heavy atom. The van der Waals surface area contributed by atoms with Gasteiger partial charge in [0.15, 0.2) is 0 Å². The number of aromatic nitrogens is 1. The summed E-state index contributed by atoms with van der Waals surface area (Å²) >= 11 is 0. The maximum absolute atomic E-state index is 11.6. The second-order valence-electron chi connectivity index (χ2n) is 5.43. The summed E-state index contributed by atoms with van der Waals surface area (Å²) in [6, 6.07) is 3.86. The summed E-state index contributed by atoms with van der Waals surface area (Å²) in [5.74, 6) is -0.0571. The summed E-state index contributed by atoms with van der Waals surface area (Å²) in [6.45, 7) is 4.16. The minimum atomic E-state index is -0.678. The van der Waals surface area contributed by atoms with Gasteiger partial charge in [0.2, 0.25) is 5.88 Å². The number of likely N-dealkylation sites (tertiary alicyclic amines) is 1.